The van der Waals surface area contributed by atoms with Gasteiger partial charge in [0, 0.05) is 40.6 Å². The van der Waals surface area contributed by atoms with Crippen LogP contribution in [-0.2, 0) is 0 Å². The Morgan fingerprint density at radius 1 is 0.708 bits per heavy atom. The molecule has 0 saturated heterocycles. The first kappa shape index (κ1) is 13.5. The molecule has 3 atom stereocenters. The summed E-state index contributed by atoms with van der Waals surface area (Å²) >= 11 is 0. The minimum absolute atomic E-state index is 0.237. The molecule has 4 heteroatoms. The van der Waals surface area contributed by atoms with Crippen LogP contribution in [0.3, 0.4) is 0 Å². The number of rotatable bonds is 0. The molecule has 0 saturated carbocycles. The van der Waals surface area contributed by atoms with Gasteiger partial charge in [0.2, 0.25) is 0 Å². The third-order valence-electron chi connectivity index (χ3n) is 4.76. The van der Waals surface area contributed by atoms with Crippen molar-refractivity contribution in [2.75, 3.05) is 0 Å². The van der Waals surface area contributed by atoms with E-state index in [2.05, 4.69) is 87.8 Å². The van der Waals surface area contributed by atoms with E-state index < -0.39 is 0 Å². The number of aromatic amines is 1. The molecule has 5 rings (SSSR count). The monoisotopic (exact) mass is 316 g/mol. The van der Waals surface area contributed by atoms with Crippen LogP contribution in [0.5, 0.6) is 0 Å². The molecule has 0 aliphatic carbocycles. The molecule has 1 aromatic heterocycles. The molecule has 0 amide bonds. The molecule has 3 unspecified atom stereocenters. The standard InChI is InChI=1S/C20H20N4/c1-2-14-10-16-5-6-18(23-16)12-20-8-7-19(24-20)11-17-4-3-15(22-17)9-13(1)21-14/h1-11,14,18,20-24H,12H2/b13-9-,16-10-,19-11-. The zero-order valence-electron chi connectivity index (χ0n) is 13.3. The van der Waals surface area contributed by atoms with Gasteiger partial charge in [0.25, 0.3) is 0 Å². The van der Waals surface area contributed by atoms with Gasteiger partial charge in [-0.05, 0) is 55.0 Å². The molecule has 0 radical (unpaired) electrons. The molecule has 120 valence electrons. The summed E-state index contributed by atoms with van der Waals surface area (Å²) in [6.07, 6.45) is 20.8. The van der Waals surface area contributed by atoms with E-state index in [0.717, 1.165) is 29.2 Å². The minimum Gasteiger partial charge on any atom is -0.379 e. The van der Waals surface area contributed by atoms with Crippen molar-refractivity contribution in [3.63, 3.8) is 0 Å². The van der Waals surface area contributed by atoms with Crippen LogP contribution < -0.4 is 16.0 Å². The van der Waals surface area contributed by atoms with E-state index in [0.29, 0.717) is 12.1 Å². The predicted octanol–water partition coefficient (Wildman–Crippen LogP) is 2.57. The lowest BCUT2D eigenvalue weighted by molar-refractivity contribution is 0.562. The number of hydrogen-bond donors (Lipinski definition) is 4. The Kier molecular flexibility index (Phi) is 3.01. The molecule has 5 heterocycles. The number of fused-ring (bicyclic) bond motifs is 8. The molecule has 0 fully saturated rings. The van der Waals surface area contributed by atoms with Crippen LogP contribution in [-0.4, -0.2) is 23.1 Å². The second-order valence-electron chi connectivity index (χ2n) is 6.68. The Hall–Kier alpha value is -2.88. The number of hydrogen-bond acceptors (Lipinski definition) is 3. The summed E-state index contributed by atoms with van der Waals surface area (Å²) < 4.78 is 0. The molecule has 24 heavy (non-hydrogen) atoms. The summed E-state index contributed by atoms with van der Waals surface area (Å²) in [6, 6.07) is 5.21. The lowest BCUT2D eigenvalue weighted by Crippen LogP contribution is -2.31. The highest BCUT2D eigenvalue weighted by atomic mass is 15.0. The van der Waals surface area contributed by atoms with Crippen molar-refractivity contribution in [1.29, 1.82) is 0 Å². The maximum atomic E-state index is 3.60. The minimum atomic E-state index is 0.237. The summed E-state index contributed by atoms with van der Waals surface area (Å²) in [7, 11) is 0. The number of aromatic nitrogens is 1. The van der Waals surface area contributed by atoms with E-state index in [-0.39, 0.29) is 6.04 Å². The topological polar surface area (TPSA) is 51.9 Å². The third-order valence-corrected chi connectivity index (χ3v) is 4.76. The van der Waals surface area contributed by atoms with Crippen LogP contribution >= 0.6 is 0 Å². The Labute approximate surface area is 141 Å². The van der Waals surface area contributed by atoms with Gasteiger partial charge in [-0.15, -0.1) is 0 Å². The molecule has 4 aliphatic heterocycles. The Morgan fingerprint density at radius 3 is 2.12 bits per heavy atom. The average molecular weight is 316 g/mol. The quantitative estimate of drug-likeness (QED) is 0.595. The lowest BCUT2D eigenvalue weighted by atomic mass is 10.1. The molecule has 4 nitrogen and oxygen atoms in total. The van der Waals surface area contributed by atoms with Gasteiger partial charge in [-0.3, -0.25) is 0 Å². The normalized spacial score (nSPS) is 36.0. The fourth-order valence-electron chi connectivity index (χ4n) is 3.61. The smallest absolute Gasteiger partial charge is 0.0655 e. The van der Waals surface area contributed by atoms with Crippen molar-refractivity contribution < 1.29 is 0 Å². The maximum Gasteiger partial charge on any atom is 0.0655 e. The second kappa shape index (κ2) is 5.34. The fraction of sp³-hybridized carbons (Fsp3) is 0.200. The largest absolute Gasteiger partial charge is 0.379 e. The van der Waals surface area contributed by atoms with Crippen LogP contribution in [0.4, 0.5) is 0 Å². The van der Waals surface area contributed by atoms with Gasteiger partial charge in [-0.25, -0.2) is 0 Å². The van der Waals surface area contributed by atoms with Crippen molar-refractivity contribution in [3.8, 4) is 0 Å². The van der Waals surface area contributed by atoms with Gasteiger partial charge >= 0.3 is 0 Å². The van der Waals surface area contributed by atoms with Gasteiger partial charge in [0.1, 0.15) is 0 Å². The van der Waals surface area contributed by atoms with Gasteiger partial charge < -0.3 is 20.9 Å². The van der Waals surface area contributed by atoms with Gasteiger partial charge in [-0.1, -0.05) is 18.2 Å². The first-order valence-corrected chi connectivity index (χ1v) is 8.49. The summed E-state index contributed by atoms with van der Waals surface area (Å²) in [5.74, 6) is 0. The first-order valence-electron chi connectivity index (χ1n) is 8.49. The maximum absolute atomic E-state index is 3.60. The van der Waals surface area contributed by atoms with Crippen molar-refractivity contribution in [3.05, 3.63) is 83.1 Å². The molecular formula is C20H20N4. The van der Waals surface area contributed by atoms with Crippen molar-refractivity contribution in [2.45, 2.75) is 24.5 Å². The van der Waals surface area contributed by atoms with E-state index in [9.17, 15) is 0 Å². The van der Waals surface area contributed by atoms with E-state index in [1.807, 2.05) is 0 Å². The molecule has 1 aromatic rings. The molecule has 0 spiro atoms. The van der Waals surface area contributed by atoms with E-state index >= 15 is 0 Å². The summed E-state index contributed by atoms with van der Waals surface area (Å²) in [6.45, 7) is 0. The fourth-order valence-corrected chi connectivity index (χ4v) is 3.61. The van der Waals surface area contributed by atoms with Crippen LogP contribution in [0.1, 0.15) is 17.8 Å². The molecule has 0 aromatic carbocycles. The third kappa shape index (κ3) is 2.60. The van der Waals surface area contributed by atoms with Gasteiger partial charge in [0.15, 0.2) is 0 Å². The van der Waals surface area contributed by atoms with Gasteiger partial charge in [-0.2, -0.15) is 0 Å². The number of nitrogens with one attached hydrogen (secondary N) is 4. The lowest BCUT2D eigenvalue weighted by Gasteiger charge is -2.17. The first-order chi connectivity index (χ1) is 11.8. The SMILES string of the molecule is C1=CC2/C=C3/C=CC(CC4C=C/C(=C/c5ccc([nH]5)/C=C/1N2)N4)N3. The number of allylic oxidation sites excluding steroid dienone is 3. The van der Waals surface area contributed by atoms with Crippen molar-refractivity contribution >= 4 is 12.2 Å². The van der Waals surface area contributed by atoms with Gasteiger partial charge in [0.05, 0.1) is 6.04 Å². The summed E-state index contributed by atoms with van der Waals surface area (Å²) in [5.41, 5.74) is 5.69. The van der Waals surface area contributed by atoms with E-state index in [1.165, 1.54) is 5.70 Å². The zero-order valence-corrected chi connectivity index (χ0v) is 13.3. The molecule has 4 N–H and O–H groups in total. The highest BCUT2D eigenvalue weighted by Gasteiger charge is 2.20. The summed E-state index contributed by atoms with van der Waals surface area (Å²) in [4.78, 5) is 3.45. The molecular weight excluding hydrogens is 296 g/mol. The number of H-pyrrole nitrogens is 1. The van der Waals surface area contributed by atoms with E-state index in [1.54, 1.807) is 0 Å². The highest BCUT2D eigenvalue weighted by Crippen LogP contribution is 2.20. The van der Waals surface area contributed by atoms with Crippen LogP contribution in [0.15, 0.2) is 71.8 Å². The van der Waals surface area contributed by atoms with Crippen molar-refractivity contribution in [2.24, 2.45) is 0 Å². The summed E-state index contributed by atoms with van der Waals surface area (Å²) in [5, 5.41) is 10.7. The van der Waals surface area contributed by atoms with Crippen molar-refractivity contribution in [1.82, 2.24) is 20.9 Å². The predicted molar refractivity (Wildman–Crippen MR) is 97.6 cm³/mol. The molecule has 8 bridgehead atoms. The Balaban J connectivity index is 1.51. The van der Waals surface area contributed by atoms with E-state index in [4.69, 9.17) is 0 Å². The molecule has 4 aliphatic rings. The van der Waals surface area contributed by atoms with Crippen LogP contribution in [0.25, 0.3) is 12.2 Å². The average Bonchev–Trinajstić information content (AvgIpc) is 3.32. The van der Waals surface area contributed by atoms with Crippen LogP contribution in [0.2, 0.25) is 0 Å². The second-order valence-corrected chi connectivity index (χ2v) is 6.68. The Bertz CT molecular complexity index is 847. The highest BCUT2D eigenvalue weighted by molar-refractivity contribution is 5.60. The zero-order chi connectivity index (χ0) is 15.9. The Morgan fingerprint density at radius 2 is 1.33 bits per heavy atom. The van der Waals surface area contributed by atoms with Crippen LogP contribution in [0, 0.1) is 0 Å².